The molecule has 3 N–H and O–H groups in total. The topological polar surface area (TPSA) is 106 Å². The van der Waals surface area contributed by atoms with Crippen molar-refractivity contribution in [1.82, 2.24) is 19.7 Å². The highest BCUT2D eigenvalue weighted by Gasteiger charge is 2.17. The largest absolute Gasteiger partial charge is 0.366 e. The minimum Gasteiger partial charge on any atom is -0.366 e. The third kappa shape index (κ3) is 4.39. The van der Waals surface area contributed by atoms with Crippen LogP contribution in [0.1, 0.15) is 28.9 Å². The molecule has 3 aromatic rings. The van der Waals surface area contributed by atoms with Gasteiger partial charge in [0.15, 0.2) is 0 Å². The van der Waals surface area contributed by atoms with Gasteiger partial charge in [0.1, 0.15) is 17.7 Å². The number of hydrogen-bond acceptors (Lipinski definition) is 6. The molecule has 8 nitrogen and oxygen atoms in total. The average molecular weight is 384 g/mol. The number of likely N-dealkylation sites (N-methyl/N-ethyl adjacent to an activating group) is 1. The third-order valence-corrected chi connectivity index (χ3v) is 5.13. The normalized spacial score (nSPS) is 12.1. The first-order chi connectivity index (χ1) is 13.0. The fraction of sp³-hybridized carbons (Fsp3) is 0.222. The number of primary amides is 1. The van der Waals surface area contributed by atoms with E-state index in [1.807, 2.05) is 43.1 Å². The molecule has 0 aliphatic carbocycles. The number of nitrogens with one attached hydrogen (secondary N) is 1. The maximum absolute atomic E-state index is 12.3. The van der Waals surface area contributed by atoms with Crippen molar-refractivity contribution in [1.29, 1.82) is 0 Å². The molecule has 1 unspecified atom stereocenters. The molecular weight excluding hydrogens is 364 g/mol. The van der Waals surface area contributed by atoms with Crippen LogP contribution < -0.4 is 11.1 Å². The van der Waals surface area contributed by atoms with Crippen LogP contribution in [0, 0.1) is 0 Å². The lowest BCUT2D eigenvalue weighted by Crippen LogP contribution is -2.32. The summed E-state index contributed by atoms with van der Waals surface area (Å²) in [6, 6.07) is 9.55. The maximum Gasteiger partial charge on any atom is 0.251 e. The molecule has 3 rings (SSSR count). The molecule has 9 heteroatoms. The highest BCUT2D eigenvalue weighted by Crippen LogP contribution is 2.23. The van der Waals surface area contributed by atoms with E-state index in [0.717, 1.165) is 11.3 Å². The van der Waals surface area contributed by atoms with E-state index in [0.29, 0.717) is 10.6 Å². The summed E-state index contributed by atoms with van der Waals surface area (Å²) in [6.07, 6.45) is 3.12. The Morgan fingerprint density at radius 3 is 2.67 bits per heavy atom. The first kappa shape index (κ1) is 18.7. The highest BCUT2D eigenvalue weighted by atomic mass is 32.1. The lowest BCUT2D eigenvalue weighted by atomic mass is 10.1. The van der Waals surface area contributed by atoms with Gasteiger partial charge in [0.25, 0.3) is 5.91 Å². The van der Waals surface area contributed by atoms with Crippen molar-refractivity contribution in [2.45, 2.75) is 13.0 Å². The van der Waals surface area contributed by atoms with Crippen molar-refractivity contribution in [3.8, 4) is 5.69 Å². The molecule has 0 saturated carbocycles. The Morgan fingerprint density at radius 1 is 1.30 bits per heavy atom. The molecule has 0 saturated heterocycles. The summed E-state index contributed by atoms with van der Waals surface area (Å²) in [5, 5.41) is 9.05. The van der Waals surface area contributed by atoms with Crippen LogP contribution in [0.4, 0.5) is 5.00 Å². The lowest BCUT2D eigenvalue weighted by Gasteiger charge is -2.24. The Hall–Kier alpha value is -3.04. The zero-order chi connectivity index (χ0) is 19.4. The minimum absolute atomic E-state index is 0.0273. The van der Waals surface area contributed by atoms with Crippen molar-refractivity contribution in [3.05, 3.63) is 59.5 Å². The summed E-state index contributed by atoms with van der Waals surface area (Å²) in [5.74, 6) is -0.755. The van der Waals surface area contributed by atoms with Crippen LogP contribution in [0.5, 0.6) is 0 Å². The zero-order valence-electron chi connectivity index (χ0n) is 15.0. The highest BCUT2D eigenvalue weighted by molar-refractivity contribution is 7.14. The molecule has 2 amide bonds. The van der Waals surface area contributed by atoms with Gasteiger partial charge in [-0.25, -0.2) is 9.67 Å². The number of rotatable bonds is 7. The zero-order valence-corrected chi connectivity index (χ0v) is 15.8. The monoisotopic (exact) mass is 384 g/mol. The van der Waals surface area contributed by atoms with Crippen molar-refractivity contribution in [2.75, 3.05) is 18.9 Å². The molecule has 2 heterocycles. The second-order valence-electron chi connectivity index (χ2n) is 6.10. The Bertz CT molecular complexity index is 920. The molecule has 2 aromatic heterocycles. The van der Waals surface area contributed by atoms with Gasteiger partial charge in [0, 0.05) is 6.04 Å². The Morgan fingerprint density at radius 2 is 2.04 bits per heavy atom. The predicted octanol–water partition coefficient (Wildman–Crippen LogP) is 2.06. The number of benzene rings is 1. The van der Waals surface area contributed by atoms with Gasteiger partial charge in [-0.3, -0.25) is 14.5 Å². The number of aromatic nitrogens is 3. The van der Waals surface area contributed by atoms with Crippen molar-refractivity contribution >= 4 is 28.2 Å². The number of nitrogens with two attached hydrogens (primary N) is 1. The molecule has 27 heavy (non-hydrogen) atoms. The predicted molar refractivity (Wildman–Crippen MR) is 104 cm³/mol. The molecule has 0 bridgehead atoms. The summed E-state index contributed by atoms with van der Waals surface area (Å²) >= 11 is 1.27. The van der Waals surface area contributed by atoms with Gasteiger partial charge >= 0.3 is 0 Å². The SMILES string of the molecule is CC(c1ccc(-n2cncn2)cc1)N(C)CC(=O)Nc1sccc1C(N)=O. The standard InChI is InChI=1S/C18H20N6O2S/c1-12(13-3-5-14(6-4-13)24-11-20-10-21-24)23(2)9-16(25)22-18-15(17(19)26)7-8-27-18/h3-8,10-12H,9H2,1-2H3,(H2,19,26)(H,22,25). The van der Waals surface area contributed by atoms with Gasteiger partial charge in [-0.1, -0.05) is 12.1 Å². The molecule has 140 valence electrons. The van der Waals surface area contributed by atoms with E-state index in [1.54, 1.807) is 22.5 Å². The molecule has 0 fully saturated rings. The van der Waals surface area contributed by atoms with Gasteiger partial charge < -0.3 is 11.1 Å². The quantitative estimate of drug-likeness (QED) is 0.648. The molecule has 0 aliphatic rings. The van der Waals surface area contributed by atoms with E-state index in [1.165, 1.54) is 17.7 Å². The smallest absolute Gasteiger partial charge is 0.251 e. The van der Waals surface area contributed by atoms with E-state index in [4.69, 9.17) is 5.73 Å². The van der Waals surface area contributed by atoms with Gasteiger partial charge in [0.2, 0.25) is 5.91 Å². The molecule has 1 atom stereocenters. The van der Waals surface area contributed by atoms with Gasteiger partial charge in [-0.05, 0) is 43.1 Å². The Labute approximate surface area is 160 Å². The Kier molecular flexibility index (Phi) is 5.63. The minimum atomic E-state index is -0.555. The van der Waals surface area contributed by atoms with Crippen LogP contribution in [0.25, 0.3) is 5.69 Å². The molecule has 1 aromatic carbocycles. The van der Waals surface area contributed by atoms with E-state index in [-0.39, 0.29) is 18.5 Å². The Balaban J connectivity index is 1.61. The molecule has 0 aliphatic heterocycles. The van der Waals surface area contributed by atoms with Crippen LogP contribution in [0.15, 0.2) is 48.4 Å². The fourth-order valence-corrected chi connectivity index (χ4v) is 3.44. The van der Waals surface area contributed by atoms with Crippen LogP contribution >= 0.6 is 11.3 Å². The summed E-state index contributed by atoms with van der Waals surface area (Å²) in [4.78, 5) is 29.5. The summed E-state index contributed by atoms with van der Waals surface area (Å²) in [6.45, 7) is 2.21. The number of thiophene rings is 1. The summed E-state index contributed by atoms with van der Waals surface area (Å²) < 4.78 is 1.68. The maximum atomic E-state index is 12.3. The summed E-state index contributed by atoms with van der Waals surface area (Å²) in [7, 11) is 1.87. The summed E-state index contributed by atoms with van der Waals surface area (Å²) in [5.41, 5.74) is 7.62. The van der Waals surface area contributed by atoms with Crippen molar-refractivity contribution in [3.63, 3.8) is 0 Å². The van der Waals surface area contributed by atoms with Crippen LogP contribution in [-0.4, -0.2) is 45.1 Å². The third-order valence-electron chi connectivity index (χ3n) is 4.30. The second-order valence-corrected chi connectivity index (χ2v) is 7.01. The van der Waals surface area contributed by atoms with Crippen molar-refractivity contribution < 1.29 is 9.59 Å². The van der Waals surface area contributed by atoms with Gasteiger partial charge in [-0.15, -0.1) is 11.3 Å². The van der Waals surface area contributed by atoms with Gasteiger partial charge in [0.05, 0.1) is 17.8 Å². The number of nitrogens with zero attached hydrogens (tertiary/aromatic N) is 4. The van der Waals surface area contributed by atoms with E-state index in [2.05, 4.69) is 15.4 Å². The molecular formula is C18H20N6O2S. The second kappa shape index (κ2) is 8.11. The van der Waals surface area contributed by atoms with E-state index in [9.17, 15) is 9.59 Å². The lowest BCUT2D eigenvalue weighted by molar-refractivity contribution is -0.117. The number of anilines is 1. The van der Waals surface area contributed by atoms with Gasteiger partial charge in [-0.2, -0.15) is 5.10 Å². The fourth-order valence-electron chi connectivity index (χ4n) is 2.63. The van der Waals surface area contributed by atoms with Crippen LogP contribution in [0.3, 0.4) is 0 Å². The van der Waals surface area contributed by atoms with Crippen LogP contribution in [0.2, 0.25) is 0 Å². The average Bonchev–Trinajstić information content (AvgIpc) is 3.33. The number of carbonyl (C=O) groups excluding carboxylic acids is 2. The number of hydrogen-bond donors (Lipinski definition) is 2. The first-order valence-corrected chi connectivity index (χ1v) is 9.16. The first-order valence-electron chi connectivity index (χ1n) is 8.28. The van der Waals surface area contributed by atoms with Crippen molar-refractivity contribution in [2.24, 2.45) is 5.73 Å². The van der Waals surface area contributed by atoms with E-state index >= 15 is 0 Å². The van der Waals surface area contributed by atoms with E-state index < -0.39 is 5.91 Å². The molecule has 0 radical (unpaired) electrons. The number of amides is 2. The van der Waals surface area contributed by atoms with Crippen LogP contribution in [-0.2, 0) is 4.79 Å². The molecule has 0 spiro atoms. The number of carbonyl (C=O) groups is 2.